The van der Waals surface area contributed by atoms with Gasteiger partial charge in [-0.15, -0.1) is 0 Å². The second kappa shape index (κ2) is 1.67. The third kappa shape index (κ3) is 2.21. The van der Waals surface area contributed by atoms with Gasteiger partial charge in [-0.25, -0.2) is 0 Å². The van der Waals surface area contributed by atoms with Crippen LogP contribution in [0.1, 0.15) is 6.42 Å². The van der Waals surface area contributed by atoms with Gasteiger partial charge in [0.2, 0.25) is 0 Å². The molecule has 0 N–H and O–H groups in total. The fourth-order valence-corrected chi connectivity index (χ4v) is 3.18. The molecular formula is C10H20Co. The molecule has 1 aliphatic carbocycles. The van der Waals surface area contributed by atoms with Gasteiger partial charge in [0.05, 0.1) is 0 Å². The number of hydrogen-bond donors (Lipinski definition) is 0. The zero-order valence-electron chi connectivity index (χ0n) is 8.27. The van der Waals surface area contributed by atoms with Crippen LogP contribution in [0.2, 0.25) is 29.3 Å². The van der Waals surface area contributed by atoms with Crippen LogP contribution in [0.4, 0.5) is 0 Å². The normalized spacial score (nSPS) is 24.3. The van der Waals surface area contributed by atoms with Crippen molar-refractivity contribution in [3.8, 4) is 0 Å². The van der Waals surface area contributed by atoms with Crippen molar-refractivity contribution in [3.63, 3.8) is 0 Å². The molecule has 11 heavy (non-hydrogen) atoms. The van der Waals surface area contributed by atoms with Crippen LogP contribution in [0.5, 0.6) is 0 Å². The number of hydrogen-bond acceptors (Lipinski definition) is 0. The van der Waals surface area contributed by atoms with Crippen molar-refractivity contribution < 1.29 is 10.5 Å². The summed E-state index contributed by atoms with van der Waals surface area (Å²) in [6.07, 6.45) is 7.91. The first kappa shape index (κ1) is 9.08. The van der Waals surface area contributed by atoms with Crippen molar-refractivity contribution in [2.45, 2.75) is 35.7 Å². The molecule has 0 aliphatic heterocycles. The van der Waals surface area contributed by atoms with Crippen LogP contribution >= 0.6 is 0 Å². The zero-order chi connectivity index (χ0) is 8.81. The predicted molar refractivity (Wildman–Crippen MR) is 51.2 cm³/mol. The number of allylic oxidation sites excluding steroid dienone is 4. The van der Waals surface area contributed by atoms with Gasteiger partial charge >= 0.3 is 69.0 Å². The predicted octanol–water partition coefficient (Wildman–Crippen LogP) is 4.30. The minimum absolute atomic E-state index is 1.17. The topological polar surface area (TPSA) is 0 Å². The molecule has 0 atom stereocenters. The van der Waals surface area contributed by atoms with Gasteiger partial charge in [0.25, 0.3) is 0 Å². The Bertz CT molecular complexity index is 232. The van der Waals surface area contributed by atoms with E-state index in [-0.39, 0.29) is 0 Å². The fraction of sp³-hybridized carbons (Fsp3) is 0.600. The molecular weight excluding hydrogens is 179 g/mol. The van der Waals surface area contributed by atoms with Gasteiger partial charge < -0.3 is 0 Å². The van der Waals surface area contributed by atoms with E-state index < -0.39 is 10.5 Å². The second-order valence-electron chi connectivity index (χ2n) is 5.38. The first-order valence-corrected chi connectivity index (χ1v) is 9.28. The van der Waals surface area contributed by atoms with Gasteiger partial charge in [0.15, 0.2) is 0 Å². The standard InChI is InChI=1S/C5H5.5CH3.Co/c1-2-4-5-3-1;;;;;;/h1-3H,4H2;5*1H3;. The molecule has 0 aromatic carbocycles. The van der Waals surface area contributed by atoms with Gasteiger partial charge in [-0.3, -0.25) is 0 Å². The maximum absolute atomic E-state index is 2.43. The first-order valence-electron chi connectivity index (χ1n) is 3.55. The van der Waals surface area contributed by atoms with Crippen molar-refractivity contribution in [3.05, 3.63) is 22.7 Å². The monoisotopic (exact) mass is 199 g/mol. The fourth-order valence-electron chi connectivity index (χ4n) is 1.03. The Hall–Kier alpha value is -0.0135. The summed E-state index contributed by atoms with van der Waals surface area (Å²) < 4.78 is 1.65. The summed E-state index contributed by atoms with van der Waals surface area (Å²) in [5.74, 6) is 12.2. The maximum atomic E-state index is 2.43. The average Bonchev–Trinajstić information content (AvgIpc) is 2.01. The van der Waals surface area contributed by atoms with Gasteiger partial charge in [-0.1, -0.05) is 0 Å². The average molecular weight is 199 g/mol. The van der Waals surface area contributed by atoms with E-state index in [9.17, 15) is 0 Å². The van der Waals surface area contributed by atoms with Crippen LogP contribution in [-0.2, 0) is 10.5 Å². The molecule has 0 bridgehead atoms. The molecule has 0 spiro atoms. The van der Waals surface area contributed by atoms with Gasteiger partial charge in [0, 0.05) is 0 Å². The third-order valence-corrected chi connectivity index (χ3v) is 5.51. The van der Waals surface area contributed by atoms with Crippen LogP contribution in [0, 0.1) is 0 Å². The van der Waals surface area contributed by atoms with Crippen molar-refractivity contribution in [1.29, 1.82) is 0 Å². The second-order valence-corrected chi connectivity index (χ2v) is 19.1. The van der Waals surface area contributed by atoms with Crippen molar-refractivity contribution >= 4 is 0 Å². The Kier molecular flexibility index (Phi) is 1.38. The Morgan fingerprint density at radius 1 is 1.09 bits per heavy atom. The van der Waals surface area contributed by atoms with E-state index in [0.717, 1.165) is 0 Å². The molecule has 0 amide bonds. The molecule has 1 rings (SSSR count). The van der Waals surface area contributed by atoms with Crippen LogP contribution in [0.15, 0.2) is 22.7 Å². The van der Waals surface area contributed by atoms with E-state index in [0.29, 0.717) is 0 Å². The van der Waals surface area contributed by atoms with E-state index in [1.165, 1.54) is 6.42 Å². The summed E-state index contributed by atoms with van der Waals surface area (Å²) >= 11 is 0. The van der Waals surface area contributed by atoms with Gasteiger partial charge in [-0.2, -0.15) is 0 Å². The van der Waals surface area contributed by atoms with Crippen molar-refractivity contribution in [2.24, 2.45) is 0 Å². The van der Waals surface area contributed by atoms with E-state index in [2.05, 4.69) is 47.5 Å². The summed E-state index contributed by atoms with van der Waals surface area (Å²) in [5, 5.41) is 0. The van der Waals surface area contributed by atoms with Crippen molar-refractivity contribution in [1.82, 2.24) is 0 Å². The summed E-state index contributed by atoms with van der Waals surface area (Å²) in [5.41, 5.74) is 0. The SMILES string of the molecule is [CH3][Co]([CH3])([CH3])([CH3])([CH3])[C]1=CC=CC1. The molecule has 0 aromatic rings. The Morgan fingerprint density at radius 2 is 1.64 bits per heavy atom. The molecule has 0 heterocycles. The van der Waals surface area contributed by atoms with Gasteiger partial charge in [0.1, 0.15) is 0 Å². The summed E-state index contributed by atoms with van der Waals surface area (Å²) in [6, 6.07) is 0. The molecule has 69 valence electrons. The van der Waals surface area contributed by atoms with Gasteiger partial charge in [-0.05, 0) is 0 Å². The Balaban J connectivity index is 3.11. The van der Waals surface area contributed by atoms with Crippen LogP contribution in [-0.4, -0.2) is 0 Å². The minimum atomic E-state index is -2.01. The van der Waals surface area contributed by atoms with Crippen LogP contribution in [0.25, 0.3) is 0 Å². The summed E-state index contributed by atoms with van der Waals surface area (Å²) in [4.78, 5) is 0. The van der Waals surface area contributed by atoms with E-state index in [4.69, 9.17) is 0 Å². The molecule has 0 nitrogen and oxygen atoms in total. The van der Waals surface area contributed by atoms with Crippen molar-refractivity contribution in [2.75, 3.05) is 0 Å². The Morgan fingerprint density at radius 3 is 1.82 bits per heavy atom. The molecule has 1 aliphatic rings. The third-order valence-electron chi connectivity index (χ3n) is 1.78. The molecule has 0 saturated carbocycles. The molecule has 1 heteroatoms. The molecule has 0 radical (unpaired) electrons. The molecule has 0 aromatic heterocycles. The summed E-state index contributed by atoms with van der Waals surface area (Å²) in [7, 11) is -2.01. The molecule has 0 saturated heterocycles. The number of rotatable bonds is 1. The molecule has 0 unspecified atom stereocenters. The summed E-state index contributed by atoms with van der Waals surface area (Å²) in [6.45, 7) is 0. The molecule has 0 fully saturated rings. The van der Waals surface area contributed by atoms with E-state index in [1.54, 1.807) is 4.51 Å². The zero-order valence-corrected chi connectivity index (χ0v) is 9.31. The van der Waals surface area contributed by atoms with E-state index in [1.807, 2.05) is 0 Å². The van der Waals surface area contributed by atoms with Crippen LogP contribution < -0.4 is 0 Å². The van der Waals surface area contributed by atoms with E-state index >= 15 is 0 Å². The Labute approximate surface area is 69.3 Å². The van der Waals surface area contributed by atoms with Crippen LogP contribution in [0.3, 0.4) is 0 Å². The first-order chi connectivity index (χ1) is 4.59. The quantitative estimate of drug-likeness (QED) is 0.590.